The van der Waals surface area contributed by atoms with Gasteiger partial charge in [0.1, 0.15) is 22.2 Å². The highest BCUT2D eigenvalue weighted by Crippen LogP contribution is 2.24. The van der Waals surface area contributed by atoms with E-state index in [9.17, 15) is 9.18 Å². The Labute approximate surface area is 142 Å². The number of carbonyl (C=O) groups excluding carboxylic acids is 1. The lowest BCUT2D eigenvalue weighted by Crippen LogP contribution is -2.42. The second kappa shape index (κ2) is 6.83. The molecule has 1 aliphatic heterocycles. The van der Waals surface area contributed by atoms with Gasteiger partial charge in [0.2, 0.25) is 0 Å². The fraction of sp³-hybridized carbons (Fsp3) is 0.250. The maximum absolute atomic E-state index is 13.4. The van der Waals surface area contributed by atoms with Crippen LogP contribution in [0.15, 0.2) is 36.4 Å². The molecular weight excluding hydrogens is 342 g/mol. The summed E-state index contributed by atoms with van der Waals surface area (Å²) in [4.78, 5) is 18.1. The van der Waals surface area contributed by atoms with Gasteiger partial charge in [-0.3, -0.25) is 4.79 Å². The predicted octanol–water partition coefficient (Wildman–Crippen LogP) is 3.74. The van der Waals surface area contributed by atoms with E-state index in [4.69, 9.17) is 27.9 Å². The maximum Gasteiger partial charge on any atom is 0.254 e. The number of pyridine rings is 1. The number of aromatic nitrogens is 1. The van der Waals surface area contributed by atoms with Crippen molar-refractivity contribution in [1.29, 1.82) is 0 Å². The van der Waals surface area contributed by atoms with Crippen LogP contribution in [-0.2, 0) is 4.74 Å². The molecule has 0 N–H and O–H groups in total. The molecule has 1 aromatic heterocycles. The molecule has 1 unspecified atom stereocenters. The highest BCUT2D eigenvalue weighted by atomic mass is 35.5. The summed E-state index contributed by atoms with van der Waals surface area (Å²) in [6.07, 6.45) is -0.365. The largest absolute Gasteiger partial charge is 0.370 e. The molecule has 1 saturated heterocycles. The zero-order chi connectivity index (χ0) is 16.4. The van der Waals surface area contributed by atoms with Crippen LogP contribution in [-0.4, -0.2) is 35.5 Å². The first-order valence-electron chi connectivity index (χ1n) is 7.02. The summed E-state index contributed by atoms with van der Waals surface area (Å²) in [5.74, 6) is -0.539. The fourth-order valence-electron chi connectivity index (χ4n) is 2.51. The van der Waals surface area contributed by atoms with Crippen molar-refractivity contribution in [2.75, 3.05) is 19.7 Å². The third-order valence-electron chi connectivity index (χ3n) is 3.58. The van der Waals surface area contributed by atoms with Gasteiger partial charge in [-0.05, 0) is 29.8 Å². The molecule has 1 atom stereocenters. The number of nitrogens with zero attached hydrogens (tertiary/aromatic N) is 2. The van der Waals surface area contributed by atoms with Crippen molar-refractivity contribution in [3.63, 3.8) is 0 Å². The van der Waals surface area contributed by atoms with E-state index in [1.54, 1.807) is 17.0 Å². The summed E-state index contributed by atoms with van der Waals surface area (Å²) in [5, 5.41) is 0.326. The fourth-order valence-corrected chi connectivity index (χ4v) is 2.97. The highest BCUT2D eigenvalue weighted by Gasteiger charge is 2.26. The van der Waals surface area contributed by atoms with Crippen molar-refractivity contribution in [2.24, 2.45) is 0 Å². The first kappa shape index (κ1) is 16.2. The van der Waals surface area contributed by atoms with Crippen LogP contribution in [0.3, 0.4) is 0 Å². The Balaban J connectivity index is 1.79. The molecule has 0 bridgehead atoms. The normalized spacial score (nSPS) is 18.0. The molecule has 4 nitrogen and oxygen atoms in total. The van der Waals surface area contributed by atoms with Crippen LogP contribution in [0, 0.1) is 5.82 Å². The predicted molar refractivity (Wildman–Crippen MR) is 85.3 cm³/mol. The summed E-state index contributed by atoms with van der Waals surface area (Å²) in [7, 11) is 0. The average molecular weight is 355 g/mol. The maximum atomic E-state index is 13.4. The van der Waals surface area contributed by atoms with Gasteiger partial charge in [-0.1, -0.05) is 35.3 Å². The molecule has 0 saturated carbocycles. The van der Waals surface area contributed by atoms with Crippen LogP contribution in [0.4, 0.5) is 4.39 Å². The first-order valence-corrected chi connectivity index (χ1v) is 7.78. The molecule has 3 rings (SSSR count). The second-order valence-electron chi connectivity index (χ2n) is 5.17. The minimum Gasteiger partial charge on any atom is -0.370 e. The Kier molecular flexibility index (Phi) is 4.80. The van der Waals surface area contributed by atoms with Crippen molar-refractivity contribution < 1.29 is 13.9 Å². The van der Waals surface area contributed by atoms with Gasteiger partial charge < -0.3 is 9.64 Å². The Morgan fingerprint density at radius 2 is 2.00 bits per heavy atom. The zero-order valence-electron chi connectivity index (χ0n) is 12.0. The second-order valence-corrected chi connectivity index (χ2v) is 5.94. The Bertz CT molecular complexity index is 722. The molecule has 0 radical (unpaired) electrons. The van der Waals surface area contributed by atoms with Gasteiger partial charge >= 0.3 is 0 Å². The molecule has 120 valence electrons. The first-order chi connectivity index (χ1) is 11.0. The monoisotopic (exact) mass is 354 g/mol. The molecule has 1 amide bonds. The van der Waals surface area contributed by atoms with E-state index < -0.39 is 0 Å². The summed E-state index contributed by atoms with van der Waals surface area (Å²) in [6, 6.07) is 9.14. The van der Waals surface area contributed by atoms with E-state index in [-0.39, 0.29) is 28.1 Å². The smallest absolute Gasteiger partial charge is 0.254 e. The Hall–Kier alpha value is -1.69. The highest BCUT2D eigenvalue weighted by molar-refractivity contribution is 6.33. The lowest BCUT2D eigenvalue weighted by molar-refractivity contribution is -0.0229. The standard InChI is InChI=1S/C16H13Cl2FN2O2/c17-14-7-11(8-15(18)20-14)16(22)21-4-5-23-13(9-21)10-2-1-3-12(19)6-10/h1-3,6-8,13H,4-5,9H2. The Morgan fingerprint density at radius 3 is 2.70 bits per heavy atom. The van der Waals surface area contributed by atoms with Gasteiger partial charge in [0.25, 0.3) is 5.91 Å². The molecule has 0 aliphatic carbocycles. The average Bonchev–Trinajstić information content (AvgIpc) is 2.53. The number of hydrogen-bond donors (Lipinski definition) is 0. The van der Waals surface area contributed by atoms with Crippen LogP contribution in [0.2, 0.25) is 10.3 Å². The van der Waals surface area contributed by atoms with E-state index in [1.807, 2.05) is 0 Å². The molecule has 7 heteroatoms. The summed E-state index contributed by atoms with van der Waals surface area (Å²) in [5.41, 5.74) is 1.07. The third-order valence-corrected chi connectivity index (χ3v) is 3.97. The van der Waals surface area contributed by atoms with Gasteiger partial charge in [0, 0.05) is 12.1 Å². The summed E-state index contributed by atoms with van der Waals surface area (Å²) in [6.45, 7) is 1.15. The van der Waals surface area contributed by atoms with Crippen molar-refractivity contribution >= 4 is 29.1 Å². The van der Waals surface area contributed by atoms with Crippen LogP contribution in [0.1, 0.15) is 22.0 Å². The number of amides is 1. The molecule has 1 aliphatic rings. The number of rotatable bonds is 2. The SMILES string of the molecule is O=C(c1cc(Cl)nc(Cl)c1)N1CCOC(c2cccc(F)c2)C1. The molecule has 1 fully saturated rings. The number of hydrogen-bond acceptors (Lipinski definition) is 3. The molecule has 23 heavy (non-hydrogen) atoms. The van der Waals surface area contributed by atoms with Crippen LogP contribution in [0.25, 0.3) is 0 Å². The quantitative estimate of drug-likeness (QED) is 0.771. The molecule has 2 aromatic rings. The van der Waals surface area contributed by atoms with Crippen LogP contribution in [0.5, 0.6) is 0 Å². The van der Waals surface area contributed by atoms with Gasteiger partial charge in [-0.2, -0.15) is 0 Å². The molecule has 2 heterocycles. The van der Waals surface area contributed by atoms with E-state index in [1.165, 1.54) is 24.3 Å². The van der Waals surface area contributed by atoms with Crippen molar-refractivity contribution in [3.8, 4) is 0 Å². The molecule has 1 aromatic carbocycles. The lowest BCUT2D eigenvalue weighted by Gasteiger charge is -2.33. The summed E-state index contributed by atoms with van der Waals surface area (Å²) >= 11 is 11.7. The number of halogens is 3. The number of benzene rings is 1. The number of ether oxygens (including phenoxy) is 1. The van der Waals surface area contributed by atoms with Gasteiger partial charge in [-0.25, -0.2) is 9.37 Å². The third kappa shape index (κ3) is 3.80. The van der Waals surface area contributed by atoms with E-state index in [0.717, 1.165) is 0 Å². The topological polar surface area (TPSA) is 42.4 Å². The lowest BCUT2D eigenvalue weighted by atomic mass is 10.1. The number of carbonyl (C=O) groups is 1. The van der Waals surface area contributed by atoms with Gasteiger partial charge in [0.15, 0.2) is 0 Å². The number of morpholine rings is 1. The van der Waals surface area contributed by atoms with Crippen molar-refractivity contribution in [1.82, 2.24) is 9.88 Å². The van der Waals surface area contributed by atoms with E-state index in [2.05, 4.69) is 4.98 Å². The Morgan fingerprint density at radius 1 is 1.26 bits per heavy atom. The summed E-state index contributed by atoms with van der Waals surface area (Å²) < 4.78 is 19.0. The van der Waals surface area contributed by atoms with Crippen molar-refractivity contribution in [2.45, 2.75) is 6.10 Å². The van der Waals surface area contributed by atoms with Crippen LogP contribution < -0.4 is 0 Å². The van der Waals surface area contributed by atoms with Crippen molar-refractivity contribution in [3.05, 3.63) is 63.6 Å². The zero-order valence-corrected chi connectivity index (χ0v) is 13.5. The molecular formula is C16H13Cl2FN2O2. The minimum atomic E-state index is -0.365. The van der Waals surface area contributed by atoms with E-state index in [0.29, 0.717) is 30.8 Å². The van der Waals surface area contributed by atoms with Gasteiger partial charge in [-0.15, -0.1) is 0 Å². The van der Waals surface area contributed by atoms with Crippen LogP contribution >= 0.6 is 23.2 Å². The van der Waals surface area contributed by atoms with Gasteiger partial charge in [0.05, 0.1) is 13.2 Å². The molecule has 0 spiro atoms. The van der Waals surface area contributed by atoms with E-state index >= 15 is 0 Å². The minimum absolute atomic E-state index is 0.163.